The Labute approximate surface area is 409 Å². The normalized spacial score (nSPS) is 25.0. The van der Waals surface area contributed by atoms with Gasteiger partial charge in [0.2, 0.25) is 0 Å². The molecule has 5 amide bonds. The van der Waals surface area contributed by atoms with Gasteiger partial charge in [-0.15, -0.1) is 0 Å². The average Bonchev–Trinajstić information content (AvgIpc) is 4.21. The van der Waals surface area contributed by atoms with Crippen LogP contribution in [0.5, 0.6) is 11.6 Å². The molecule has 7 rings (SSSR count). The van der Waals surface area contributed by atoms with Crippen molar-refractivity contribution in [3.63, 3.8) is 0 Å². The zero-order valence-corrected chi connectivity index (χ0v) is 43.2. The second kappa shape index (κ2) is 20.1. The molecule has 2 saturated carbocycles. The maximum atomic E-state index is 14.6. The van der Waals surface area contributed by atoms with E-state index in [9.17, 15) is 37.5 Å². The van der Waals surface area contributed by atoms with Gasteiger partial charge in [0.05, 0.1) is 13.2 Å². The second-order valence-electron chi connectivity index (χ2n) is 21.1. The summed E-state index contributed by atoms with van der Waals surface area (Å²) in [5, 5.41) is 15.8. The van der Waals surface area contributed by atoms with E-state index in [0.717, 1.165) is 30.6 Å². The van der Waals surface area contributed by atoms with Crippen molar-refractivity contribution in [2.45, 2.75) is 155 Å². The number of morpholine rings is 1. The predicted molar refractivity (Wildman–Crippen MR) is 248 cm³/mol. The quantitative estimate of drug-likeness (QED) is 0.0521. The molecule has 3 aliphatic heterocycles. The number of rotatable bonds is 19. The fourth-order valence-corrected chi connectivity index (χ4v) is 12.8. The standard InChI is InChI=1S/C48H68IN6O12S/c1-9-36-48(49-36,42(58)53-68(62,63)47(8)21-22-47)52-39(56)35-25-30(27-55(35)41(57)38(45(2,3)4)51-43(59)60)66-40-33(17-12-10-11-15-29-19-20-29)37(32-16-13-14-18-34(32)50-40)65-28-31-26-54(23-24-64-31)44(61)67-46(5,6)7/h9,13-14,16,18,29-31,35-36,38,51H,1,10-12,15,17,19-28H2,2-8H3,(H,52,56)(H,53,58)(H,59,60)/q-1/t30?,31-,35+,36+,38-,48-/m1/s1. The first kappa shape index (κ1) is 51.4. The molecule has 3 saturated heterocycles. The van der Waals surface area contributed by atoms with Crippen molar-refractivity contribution in [3.05, 3.63) is 42.5 Å². The number of halogens is 1. The summed E-state index contributed by atoms with van der Waals surface area (Å²) in [6.45, 7) is 16.9. The maximum absolute atomic E-state index is 14.6. The van der Waals surface area contributed by atoms with Crippen LogP contribution < -0.4 is 46.0 Å². The minimum atomic E-state index is -4.04. The van der Waals surface area contributed by atoms with Crippen LogP contribution in [0.15, 0.2) is 36.9 Å². The molecule has 2 aliphatic carbocycles. The number of pyridine rings is 1. The zero-order valence-electron chi connectivity index (χ0n) is 40.2. The van der Waals surface area contributed by atoms with Gasteiger partial charge in [0.25, 0.3) is 0 Å². The van der Waals surface area contributed by atoms with Crippen molar-refractivity contribution in [2.24, 2.45) is 11.3 Å². The van der Waals surface area contributed by atoms with Gasteiger partial charge in [-0.25, -0.2) is 4.79 Å². The van der Waals surface area contributed by atoms with Crippen LogP contribution in [-0.4, -0.2) is 133 Å². The Kier molecular flexibility index (Phi) is 15.2. The number of likely N-dealkylation sites (tertiary alicyclic amines) is 1. The molecular weight excluding hydrogens is 1010 g/mol. The third kappa shape index (κ3) is 12.1. The van der Waals surface area contributed by atoms with Crippen LogP contribution in [0.3, 0.4) is 0 Å². The Bertz CT molecular complexity index is 2380. The molecule has 5 fully saturated rings. The number of nitrogens with zero attached hydrogens (tertiary/aromatic N) is 3. The number of ether oxygens (including phenoxy) is 4. The molecule has 18 nitrogen and oxygen atoms in total. The van der Waals surface area contributed by atoms with Crippen LogP contribution in [0, 0.1) is 11.3 Å². The first-order valence-corrected chi connectivity index (χ1v) is 27.5. The third-order valence-corrected chi connectivity index (χ3v) is 19.2. The SMILES string of the molecule is C=C[C@@H]1[I-][C@]1(NC(=O)[C@@H]1CC(Oc2nc3ccccc3c(OC[C@H]3CN(C(=O)OC(C)(C)C)CCO3)c2CCCCCC2CC2)CN1C(=O)[C@@H](NC(=O)O)C(C)(C)C)C(=O)NS(=O)(=O)C1(C)CC1. The van der Waals surface area contributed by atoms with Crippen molar-refractivity contribution in [1.29, 1.82) is 0 Å². The van der Waals surface area contributed by atoms with Gasteiger partial charge in [-0.3, -0.25) is 0 Å². The number of carboxylic acid groups (broad SMARTS) is 1. The second-order valence-corrected chi connectivity index (χ2v) is 26.9. The molecular formula is C48H68IN6O12S-. The molecule has 0 spiro atoms. The zero-order chi connectivity index (χ0) is 49.4. The first-order valence-electron chi connectivity index (χ1n) is 23.7. The van der Waals surface area contributed by atoms with Gasteiger partial charge in [-0.2, -0.15) is 0 Å². The van der Waals surface area contributed by atoms with E-state index in [4.69, 9.17) is 23.9 Å². The van der Waals surface area contributed by atoms with Crippen LogP contribution in [-0.2, 0) is 40.3 Å². The van der Waals surface area contributed by atoms with Crippen molar-refractivity contribution < 1.29 is 77.6 Å². The number of nitrogens with one attached hydrogen (secondary N) is 3. The summed E-state index contributed by atoms with van der Waals surface area (Å²) in [4.78, 5) is 76.1. The molecule has 5 aliphatic rings. The molecule has 1 unspecified atom stereocenters. The van der Waals surface area contributed by atoms with Gasteiger partial charge < -0.3 is 14.4 Å². The van der Waals surface area contributed by atoms with Crippen LogP contribution in [0.2, 0.25) is 0 Å². The third-order valence-electron chi connectivity index (χ3n) is 13.1. The molecule has 4 N–H and O–H groups in total. The number of carbonyl (C=O) groups excluding carboxylic acids is 4. The number of amides is 5. The van der Waals surface area contributed by atoms with E-state index in [1.165, 1.54) is 30.2 Å². The molecule has 2 aromatic rings. The summed E-state index contributed by atoms with van der Waals surface area (Å²) in [6.07, 6.45) is 6.19. The van der Waals surface area contributed by atoms with Crippen LogP contribution in [0.25, 0.3) is 10.9 Å². The number of aromatic nitrogens is 1. The summed E-state index contributed by atoms with van der Waals surface area (Å²) in [5.74, 6) is -0.628. The Balaban J connectivity index is 1.19. The number of alkyl halides is 2. The number of unbranched alkanes of at least 4 members (excludes halogenated alkanes) is 2. The van der Waals surface area contributed by atoms with E-state index in [2.05, 4.69) is 21.9 Å². The Hall–Kier alpha value is -4.44. The number of carbonyl (C=O) groups is 5. The summed E-state index contributed by atoms with van der Waals surface area (Å²) < 4.78 is 50.8. The summed E-state index contributed by atoms with van der Waals surface area (Å²) >= 11 is -1.13. The number of para-hydroxylation sites is 1. The van der Waals surface area contributed by atoms with Gasteiger partial charge in [-0.1, -0.05) is 31.7 Å². The van der Waals surface area contributed by atoms with E-state index in [-0.39, 0.29) is 32.0 Å². The van der Waals surface area contributed by atoms with Crippen molar-refractivity contribution in [1.82, 2.24) is 30.1 Å². The monoisotopic (exact) mass is 1080 g/mol. The average molecular weight is 1080 g/mol. The van der Waals surface area contributed by atoms with E-state index in [0.29, 0.717) is 49.2 Å². The fourth-order valence-electron chi connectivity index (χ4n) is 8.68. The van der Waals surface area contributed by atoms with E-state index < -0.39 is 109 Å². The number of sulfonamides is 1. The van der Waals surface area contributed by atoms with Gasteiger partial charge in [0.1, 0.15) is 11.7 Å². The van der Waals surface area contributed by atoms with Crippen molar-refractivity contribution in [3.8, 4) is 11.6 Å². The molecule has 4 heterocycles. The summed E-state index contributed by atoms with van der Waals surface area (Å²) in [7, 11) is -4.04. The van der Waals surface area contributed by atoms with E-state index in [1.807, 2.05) is 45.0 Å². The first-order chi connectivity index (χ1) is 31.9. The number of benzene rings is 1. The van der Waals surface area contributed by atoms with Gasteiger partial charge >= 0.3 is 303 Å². The molecule has 1 aromatic carbocycles. The topological polar surface area (TPSA) is 232 Å². The van der Waals surface area contributed by atoms with E-state index in [1.54, 1.807) is 32.6 Å². The number of fused-ring (bicyclic) bond motifs is 1. The fraction of sp³-hybridized carbons (Fsp3) is 0.667. The minimum absolute atomic E-state index is 0.0609. The number of hydrogen-bond donors (Lipinski definition) is 4. The van der Waals surface area contributed by atoms with Gasteiger partial charge in [0, 0.05) is 6.54 Å². The summed E-state index contributed by atoms with van der Waals surface area (Å²) in [5.41, 5.74) is -0.323. The van der Waals surface area contributed by atoms with Gasteiger partial charge in [-0.05, 0) is 26.7 Å². The molecule has 20 heteroatoms. The van der Waals surface area contributed by atoms with Gasteiger partial charge in [0.15, 0.2) is 0 Å². The van der Waals surface area contributed by atoms with Crippen molar-refractivity contribution in [2.75, 3.05) is 32.8 Å². The van der Waals surface area contributed by atoms with Crippen LogP contribution in [0.4, 0.5) is 9.59 Å². The Morgan fingerprint density at radius 3 is 2.41 bits per heavy atom. The van der Waals surface area contributed by atoms with Crippen LogP contribution in [0.1, 0.15) is 112 Å². The molecule has 376 valence electrons. The molecule has 1 aromatic heterocycles. The number of hydrogen-bond acceptors (Lipinski definition) is 12. The van der Waals surface area contributed by atoms with E-state index >= 15 is 0 Å². The Morgan fingerprint density at radius 2 is 1.78 bits per heavy atom. The Morgan fingerprint density at radius 1 is 1.06 bits per heavy atom. The van der Waals surface area contributed by atoms with Crippen molar-refractivity contribution >= 4 is 50.8 Å². The molecule has 0 bridgehead atoms. The predicted octanol–water partition coefficient (Wildman–Crippen LogP) is 2.26. The molecule has 6 atom stereocenters. The molecule has 0 radical (unpaired) electrons. The molecule has 68 heavy (non-hydrogen) atoms. The van der Waals surface area contributed by atoms with Crippen LogP contribution >= 0.6 is 0 Å². The summed E-state index contributed by atoms with van der Waals surface area (Å²) in [6, 6.07) is 4.98.